The van der Waals surface area contributed by atoms with E-state index in [1.807, 2.05) is 0 Å². The van der Waals surface area contributed by atoms with Gasteiger partial charge in [0.25, 0.3) is 0 Å². The fourth-order valence-corrected chi connectivity index (χ4v) is 9.46. The summed E-state index contributed by atoms with van der Waals surface area (Å²) in [5.74, 6) is -3.17. The molecule has 28 nitrogen and oxygen atoms in total. The van der Waals surface area contributed by atoms with Gasteiger partial charge in [-0.1, -0.05) is 13.8 Å². The van der Waals surface area contributed by atoms with E-state index >= 15 is 0 Å². The molecule has 1 aromatic rings. The lowest BCUT2D eigenvalue weighted by Crippen LogP contribution is -2.46. The summed E-state index contributed by atoms with van der Waals surface area (Å²) in [6, 6.07) is -0.779. The number of hydrogen-bond acceptors (Lipinski definition) is 20. The molecule has 64 heavy (non-hydrogen) atoms. The summed E-state index contributed by atoms with van der Waals surface area (Å²) in [7, 11) is -16.4. The van der Waals surface area contributed by atoms with E-state index in [2.05, 4.69) is 45.1 Å². The van der Waals surface area contributed by atoms with E-state index < -0.39 is 102 Å². The third kappa shape index (κ3) is 18.1. The first-order valence-electron chi connectivity index (χ1n) is 19.2. The van der Waals surface area contributed by atoms with Crippen LogP contribution in [-0.4, -0.2) is 156 Å². The first kappa shape index (κ1) is 54.8. The molecule has 0 aromatic carbocycles. The number of ether oxygens (including phenoxy) is 1. The number of nitrogens with two attached hydrogens (primary N) is 2. The van der Waals surface area contributed by atoms with Crippen LogP contribution in [-0.2, 0) is 60.3 Å². The van der Waals surface area contributed by atoms with Crippen LogP contribution in [0.15, 0.2) is 11.3 Å². The molecule has 0 spiro atoms. The van der Waals surface area contributed by atoms with Crippen LogP contribution >= 0.6 is 35.2 Å². The number of anilines is 1. The van der Waals surface area contributed by atoms with Crippen LogP contribution in [0, 0.1) is 5.41 Å². The number of carbonyl (C=O) groups is 5. The monoisotopic (exact) mass is 993 g/mol. The molecule has 1 fully saturated rings. The number of thioether (sulfide) groups is 1. The fourth-order valence-electron chi connectivity index (χ4n) is 5.96. The lowest BCUT2D eigenvalue weighted by molar-refractivity contribution is -0.137. The normalized spacial score (nSPS) is 22.4. The van der Waals surface area contributed by atoms with E-state index in [1.54, 1.807) is 0 Å². The van der Waals surface area contributed by atoms with Crippen molar-refractivity contribution >= 4 is 82.5 Å². The molecule has 1 aromatic heterocycles. The zero-order chi connectivity index (χ0) is 48.0. The Morgan fingerprint density at radius 2 is 1.64 bits per heavy atom. The summed E-state index contributed by atoms with van der Waals surface area (Å²) in [6.45, 7) is 2.06. The highest BCUT2D eigenvalue weighted by atomic mass is 32.2. The Labute approximate surface area is 370 Å². The first-order valence-corrected chi connectivity index (χ1v) is 24.9. The lowest BCUT2D eigenvalue weighted by Gasteiger charge is -2.30. The Morgan fingerprint density at radius 3 is 2.30 bits per heavy atom. The Morgan fingerprint density at radius 1 is 0.969 bits per heavy atom. The van der Waals surface area contributed by atoms with E-state index in [0.717, 1.165) is 6.33 Å². The summed E-state index contributed by atoms with van der Waals surface area (Å²) in [6.07, 6.45) is -5.08. The minimum Gasteiger partial charge on any atom is -0.388 e. The third-order valence-corrected chi connectivity index (χ3v) is 13.2. The van der Waals surface area contributed by atoms with Crippen LogP contribution in [0.1, 0.15) is 58.1 Å². The molecule has 4 unspecified atom stereocenters. The van der Waals surface area contributed by atoms with Crippen LogP contribution < -0.4 is 32.7 Å². The van der Waals surface area contributed by atoms with Gasteiger partial charge in [-0.25, -0.2) is 23.7 Å². The lowest BCUT2D eigenvalue weighted by atomic mass is 9.87. The molecule has 2 aliphatic rings. The van der Waals surface area contributed by atoms with Gasteiger partial charge in [-0.15, -0.1) is 0 Å². The molecule has 2 aliphatic heterocycles. The smallest absolute Gasteiger partial charge is 0.388 e. The SMILES string of the molecule is CC(=O)N[C@@H](CCCCNC(=O)CSCCNC(=O)CCNC(=O)[C@H](O)C(C)(C)COP(=O)(O)OP(=O)(O)OC[C@H]1OC(C2C=Nc3c(N)ncnc32)[C@H](O)[C@@H]1OP(=O)(O)O)C(N)=O. The van der Waals surface area contributed by atoms with Crippen molar-refractivity contribution in [3.63, 3.8) is 0 Å². The van der Waals surface area contributed by atoms with Gasteiger partial charge < -0.3 is 67.3 Å². The number of aliphatic hydroxyl groups excluding tert-OH is 2. The number of amides is 5. The maximum absolute atomic E-state index is 12.7. The zero-order valence-electron chi connectivity index (χ0n) is 34.7. The summed E-state index contributed by atoms with van der Waals surface area (Å²) in [4.78, 5) is 111. The molecule has 14 N–H and O–H groups in total. The summed E-state index contributed by atoms with van der Waals surface area (Å²) in [5, 5.41) is 31.7. The van der Waals surface area contributed by atoms with Crippen molar-refractivity contribution in [1.29, 1.82) is 0 Å². The standard InChI is InChI=1S/C32H54N9O19P3S/c1-17(42)41-19(30(34)47)6-4-5-8-35-22(44)14-64-11-10-36-21(43)7-9-37-31(48)28(46)32(2,3)15-57-63(54,55)60-62(52,53)56-13-20-27(59-61(49,50)51)25(45)26(58-20)18-12-38-24-23(18)39-16-40-29(24)33/h12,16,18-20,25-28,45-46H,4-11,13-15H2,1-3H3,(H2,34,47)(H,35,44)(H,36,43)(H,37,48)(H,41,42)(H,52,53)(H,54,55)(H2,33,39,40)(H2,49,50,51)/t18?,19-,20+,25-,26?,27+,28-/m0/s1. The van der Waals surface area contributed by atoms with Crippen LogP contribution in [0.4, 0.5) is 11.5 Å². The van der Waals surface area contributed by atoms with Gasteiger partial charge in [-0.2, -0.15) is 16.1 Å². The van der Waals surface area contributed by atoms with Gasteiger partial charge >= 0.3 is 23.5 Å². The fraction of sp³-hybridized carbons (Fsp3) is 0.688. The number of rotatable bonds is 28. The Kier molecular flexibility index (Phi) is 20.8. The molecule has 0 aliphatic carbocycles. The second-order valence-corrected chi connectivity index (χ2v) is 20.3. The predicted molar refractivity (Wildman–Crippen MR) is 223 cm³/mol. The average Bonchev–Trinajstić information content (AvgIpc) is 3.74. The van der Waals surface area contributed by atoms with Gasteiger partial charge in [0.1, 0.15) is 48.6 Å². The molecule has 32 heteroatoms. The molecule has 5 amide bonds. The van der Waals surface area contributed by atoms with Crippen LogP contribution in [0.5, 0.6) is 0 Å². The van der Waals surface area contributed by atoms with Crippen molar-refractivity contribution in [1.82, 2.24) is 31.2 Å². The van der Waals surface area contributed by atoms with Gasteiger partial charge in [-0.05, 0) is 19.3 Å². The topological polar surface area (TPSA) is 442 Å². The highest BCUT2D eigenvalue weighted by Gasteiger charge is 2.52. The number of hydrogen-bond donors (Lipinski definition) is 12. The number of fused-ring (bicyclic) bond motifs is 1. The van der Waals surface area contributed by atoms with Gasteiger partial charge in [-0.3, -0.25) is 42.5 Å². The van der Waals surface area contributed by atoms with Gasteiger partial charge in [0.15, 0.2) is 5.82 Å². The van der Waals surface area contributed by atoms with Gasteiger partial charge in [0.05, 0.1) is 30.6 Å². The second-order valence-electron chi connectivity index (χ2n) is 14.9. The number of aliphatic hydroxyl groups is 2. The number of nitrogens with one attached hydrogen (secondary N) is 4. The quantitative estimate of drug-likeness (QED) is 0.0311. The van der Waals surface area contributed by atoms with E-state index in [0.29, 0.717) is 31.6 Å². The minimum atomic E-state index is -5.58. The van der Waals surface area contributed by atoms with E-state index in [4.69, 9.17) is 25.3 Å². The maximum atomic E-state index is 12.7. The molecule has 9 atom stereocenters. The number of nitrogens with zero attached hydrogens (tertiary/aromatic N) is 3. The zero-order valence-corrected chi connectivity index (χ0v) is 38.2. The van der Waals surface area contributed by atoms with E-state index in [-0.39, 0.29) is 54.3 Å². The molecule has 3 heterocycles. The van der Waals surface area contributed by atoms with Crippen molar-refractivity contribution in [3.8, 4) is 0 Å². The van der Waals surface area contributed by atoms with Gasteiger partial charge in [0.2, 0.25) is 29.5 Å². The number of carbonyl (C=O) groups excluding carboxylic acids is 5. The van der Waals surface area contributed by atoms with Crippen molar-refractivity contribution in [3.05, 3.63) is 12.0 Å². The summed E-state index contributed by atoms with van der Waals surface area (Å²) >= 11 is 1.25. The predicted octanol–water partition coefficient (Wildman–Crippen LogP) is -2.27. The van der Waals surface area contributed by atoms with E-state index in [1.165, 1.54) is 38.7 Å². The number of unbranched alkanes of at least 4 members (excludes halogenated alkanes) is 1. The highest BCUT2D eigenvalue weighted by molar-refractivity contribution is 7.99. The molecule has 1 saturated heterocycles. The average molecular weight is 994 g/mol. The number of nitrogen functional groups attached to an aromatic ring is 1. The van der Waals surface area contributed by atoms with Crippen LogP contribution in [0.3, 0.4) is 0 Å². The number of aromatic nitrogens is 2. The van der Waals surface area contributed by atoms with Crippen molar-refractivity contribution < 1.29 is 90.1 Å². The van der Waals surface area contributed by atoms with Crippen molar-refractivity contribution in [2.24, 2.45) is 16.1 Å². The second kappa shape index (κ2) is 24.3. The van der Waals surface area contributed by atoms with Crippen molar-refractivity contribution in [2.75, 3.05) is 50.1 Å². The Bertz CT molecular complexity index is 2000. The Hall–Kier alpha value is -3.50. The number of phosphoric acid groups is 3. The van der Waals surface area contributed by atoms with Crippen LogP contribution in [0.25, 0.3) is 0 Å². The molecular weight excluding hydrogens is 939 g/mol. The molecule has 0 bridgehead atoms. The van der Waals surface area contributed by atoms with E-state index in [9.17, 15) is 67.5 Å². The Balaban J connectivity index is 1.36. The maximum Gasteiger partial charge on any atom is 0.481 e. The summed E-state index contributed by atoms with van der Waals surface area (Å²) in [5.41, 5.74) is 9.74. The third-order valence-electron chi connectivity index (χ3n) is 9.16. The number of aliphatic imine (C=N–C) groups is 1. The van der Waals surface area contributed by atoms with Gasteiger partial charge in [0, 0.05) is 50.4 Å². The minimum absolute atomic E-state index is 0.0103. The molecule has 0 saturated carbocycles. The van der Waals surface area contributed by atoms with Crippen LogP contribution in [0.2, 0.25) is 0 Å². The number of primary amides is 1. The summed E-state index contributed by atoms with van der Waals surface area (Å²) < 4.78 is 61.3. The highest BCUT2D eigenvalue weighted by Crippen LogP contribution is 2.61. The first-order chi connectivity index (χ1) is 29.7. The van der Waals surface area contributed by atoms with Crippen molar-refractivity contribution in [2.45, 2.75) is 88.9 Å². The molecule has 3 rings (SSSR count). The molecule has 362 valence electrons. The molecular formula is C32H54N9O19P3S. The molecule has 0 radical (unpaired) electrons. The number of phosphoric ester groups is 3. The largest absolute Gasteiger partial charge is 0.481 e.